The third-order valence-electron chi connectivity index (χ3n) is 4.27. The fourth-order valence-corrected chi connectivity index (χ4v) is 3.37. The molecular weight excluding hydrogens is 273 g/mol. The van der Waals surface area contributed by atoms with Crippen LogP contribution >= 0.6 is 11.8 Å². The number of halogens is 1. The summed E-state index contributed by atoms with van der Waals surface area (Å²) in [6, 6.07) is 6.15. The Morgan fingerprint density at radius 1 is 1.35 bits per heavy atom. The molecule has 0 radical (unpaired) electrons. The zero-order chi connectivity index (χ0) is 14.5. The lowest BCUT2D eigenvalue weighted by Crippen LogP contribution is -2.35. The number of aliphatic hydroxyl groups excluding tert-OH is 1. The number of rotatable bonds is 5. The second-order valence-electron chi connectivity index (χ2n) is 5.68. The minimum Gasteiger partial charge on any atom is -0.396 e. The van der Waals surface area contributed by atoms with Gasteiger partial charge in [-0.1, -0.05) is 6.07 Å². The van der Waals surface area contributed by atoms with E-state index in [-0.39, 0.29) is 11.9 Å². The molecule has 1 saturated carbocycles. The summed E-state index contributed by atoms with van der Waals surface area (Å²) >= 11 is 1.44. The Balaban J connectivity index is 1.91. The number of benzene rings is 1. The van der Waals surface area contributed by atoms with Crippen LogP contribution < -0.4 is 5.32 Å². The average Bonchev–Trinajstić information content (AvgIpc) is 2.48. The average molecular weight is 297 g/mol. The van der Waals surface area contributed by atoms with Gasteiger partial charge in [0.1, 0.15) is 5.82 Å². The van der Waals surface area contributed by atoms with Crippen LogP contribution in [0.15, 0.2) is 23.1 Å². The van der Waals surface area contributed by atoms with Crippen LogP contribution in [-0.2, 0) is 0 Å². The van der Waals surface area contributed by atoms with Gasteiger partial charge >= 0.3 is 0 Å². The summed E-state index contributed by atoms with van der Waals surface area (Å²) in [6.45, 7) is 2.40. The van der Waals surface area contributed by atoms with E-state index in [9.17, 15) is 4.39 Å². The van der Waals surface area contributed by atoms with Crippen LogP contribution in [0.4, 0.5) is 4.39 Å². The van der Waals surface area contributed by atoms with Crippen molar-refractivity contribution in [3.8, 4) is 0 Å². The lowest BCUT2D eigenvalue weighted by Gasteiger charge is -2.30. The largest absolute Gasteiger partial charge is 0.396 e. The van der Waals surface area contributed by atoms with Crippen LogP contribution in [0.5, 0.6) is 0 Å². The van der Waals surface area contributed by atoms with E-state index in [0.29, 0.717) is 23.5 Å². The molecule has 0 amide bonds. The molecule has 1 fully saturated rings. The molecule has 4 heteroatoms. The first-order chi connectivity index (χ1) is 9.63. The van der Waals surface area contributed by atoms with Crippen molar-refractivity contribution in [3.05, 3.63) is 29.6 Å². The fourth-order valence-electron chi connectivity index (χ4n) is 2.91. The van der Waals surface area contributed by atoms with Gasteiger partial charge in [0.15, 0.2) is 0 Å². The van der Waals surface area contributed by atoms with Crippen LogP contribution in [0, 0.1) is 11.7 Å². The highest BCUT2D eigenvalue weighted by Crippen LogP contribution is 2.27. The monoisotopic (exact) mass is 297 g/mol. The molecule has 0 spiro atoms. The molecule has 0 heterocycles. The highest BCUT2D eigenvalue weighted by molar-refractivity contribution is 7.98. The smallest absolute Gasteiger partial charge is 0.137 e. The zero-order valence-corrected chi connectivity index (χ0v) is 13.0. The first-order valence-corrected chi connectivity index (χ1v) is 8.56. The van der Waals surface area contributed by atoms with Gasteiger partial charge in [-0.2, -0.15) is 0 Å². The van der Waals surface area contributed by atoms with Gasteiger partial charge in [-0.25, -0.2) is 4.39 Å². The molecule has 1 atom stereocenters. The molecule has 0 bridgehead atoms. The molecule has 0 saturated heterocycles. The van der Waals surface area contributed by atoms with E-state index >= 15 is 0 Å². The molecule has 0 aliphatic heterocycles. The van der Waals surface area contributed by atoms with E-state index in [2.05, 4.69) is 12.2 Å². The molecule has 1 aromatic rings. The normalized spacial score (nSPS) is 24.6. The summed E-state index contributed by atoms with van der Waals surface area (Å²) in [7, 11) is 0. The Morgan fingerprint density at radius 3 is 2.60 bits per heavy atom. The predicted octanol–water partition coefficient (Wildman–Crippen LogP) is 3.75. The molecule has 1 aliphatic rings. The first kappa shape index (κ1) is 15.8. The van der Waals surface area contributed by atoms with Crippen molar-refractivity contribution < 1.29 is 9.50 Å². The molecule has 20 heavy (non-hydrogen) atoms. The molecule has 1 aromatic carbocycles. The summed E-state index contributed by atoms with van der Waals surface area (Å²) < 4.78 is 13.8. The number of nitrogens with one attached hydrogen (secondary N) is 1. The second-order valence-corrected chi connectivity index (χ2v) is 6.53. The van der Waals surface area contributed by atoms with E-state index < -0.39 is 0 Å². The SMILES string of the molecule is CSc1ccc(C(C)NC2CCC(CO)CC2)cc1F. The van der Waals surface area contributed by atoms with E-state index in [1.165, 1.54) is 11.8 Å². The molecule has 2 nitrogen and oxygen atoms in total. The van der Waals surface area contributed by atoms with E-state index in [1.54, 1.807) is 6.07 Å². The van der Waals surface area contributed by atoms with Crippen molar-refractivity contribution >= 4 is 11.8 Å². The van der Waals surface area contributed by atoms with Gasteiger partial charge in [0.2, 0.25) is 0 Å². The van der Waals surface area contributed by atoms with Crippen LogP contribution in [0.25, 0.3) is 0 Å². The van der Waals surface area contributed by atoms with Crippen LogP contribution in [0.2, 0.25) is 0 Å². The predicted molar refractivity (Wildman–Crippen MR) is 82.6 cm³/mol. The van der Waals surface area contributed by atoms with Crippen LogP contribution in [0.3, 0.4) is 0 Å². The Morgan fingerprint density at radius 2 is 2.05 bits per heavy atom. The summed E-state index contributed by atoms with van der Waals surface area (Å²) in [5.74, 6) is 0.342. The lowest BCUT2D eigenvalue weighted by atomic mass is 9.86. The van der Waals surface area contributed by atoms with Gasteiger partial charge < -0.3 is 10.4 Å². The van der Waals surface area contributed by atoms with Crippen molar-refractivity contribution in [2.24, 2.45) is 5.92 Å². The van der Waals surface area contributed by atoms with Crippen LogP contribution in [-0.4, -0.2) is 24.0 Å². The Bertz CT molecular complexity index is 432. The standard InChI is InChI=1S/C16H24FNOS/c1-11(13-5-8-16(20-2)15(17)9-13)18-14-6-3-12(10-19)4-7-14/h5,8-9,11-12,14,18-19H,3-4,6-7,10H2,1-2H3. The topological polar surface area (TPSA) is 32.3 Å². The van der Waals surface area contributed by atoms with E-state index in [0.717, 1.165) is 31.2 Å². The maximum Gasteiger partial charge on any atom is 0.137 e. The maximum absolute atomic E-state index is 13.8. The molecule has 0 aromatic heterocycles. The van der Waals surface area contributed by atoms with Gasteiger partial charge in [-0.3, -0.25) is 0 Å². The second kappa shape index (κ2) is 7.43. The van der Waals surface area contributed by atoms with Crippen molar-refractivity contribution in [2.75, 3.05) is 12.9 Å². The Hall–Kier alpha value is -0.580. The molecular formula is C16H24FNOS. The summed E-state index contributed by atoms with van der Waals surface area (Å²) in [4.78, 5) is 0.699. The van der Waals surface area contributed by atoms with Gasteiger partial charge in [0, 0.05) is 23.6 Å². The fraction of sp³-hybridized carbons (Fsp3) is 0.625. The van der Waals surface area contributed by atoms with Gasteiger partial charge in [-0.05, 0) is 62.5 Å². The third kappa shape index (κ3) is 3.96. The molecule has 2 rings (SSSR count). The quantitative estimate of drug-likeness (QED) is 0.812. The van der Waals surface area contributed by atoms with Gasteiger partial charge in [-0.15, -0.1) is 11.8 Å². The Kier molecular flexibility index (Phi) is 5.87. The van der Waals surface area contributed by atoms with Gasteiger partial charge in [0.05, 0.1) is 0 Å². The highest BCUT2D eigenvalue weighted by Gasteiger charge is 2.22. The van der Waals surface area contributed by atoms with Crippen molar-refractivity contribution in [3.63, 3.8) is 0 Å². The molecule has 1 unspecified atom stereocenters. The van der Waals surface area contributed by atoms with E-state index in [4.69, 9.17) is 5.11 Å². The van der Waals surface area contributed by atoms with Gasteiger partial charge in [0.25, 0.3) is 0 Å². The minimum absolute atomic E-state index is 0.132. The summed E-state index contributed by atoms with van der Waals surface area (Å²) in [5, 5.41) is 12.7. The minimum atomic E-state index is -0.132. The summed E-state index contributed by atoms with van der Waals surface area (Å²) in [6.07, 6.45) is 6.25. The number of hydrogen-bond donors (Lipinski definition) is 2. The maximum atomic E-state index is 13.8. The Labute approximate surface area is 125 Å². The van der Waals surface area contributed by atoms with Crippen molar-refractivity contribution in [1.29, 1.82) is 0 Å². The highest BCUT2D eigenvalue weighted by atomic mass is 32.2. The van der Waals surface area contributed by atoms with Crippen LogP contribution in [0.1, 0.15) is 44.2 Å². The number of thioether (sulfide) groups is 1. The van der Waals surface area contributed by atoms with E-state index in [1.807, 2.05) is 18.4 Å². The molecule has 2 N–H and O–H groups in total. The number of hydrogen-bond acceptors (Lipinski definition) is 3. The number of aliphatic hydroxyl groups is 1. The lowest BCUT2D eigenvalue weighted by molar-refractivity contribution is 0.172. The molecule has 112 valence electrons. The first-order valence-electron chi connectivity index (χ1n) is 7.34. The van der Waals surface area contributed by atoms with Crippen molar-refractivity contribution in [1.82, 2.24) is 5.32 Å². The third-order valence-corrected chi connectivity index (χ3v) is 5.04. The summed E-state index contributed by atoms with van der Waals surface area (Å²) in [5.41, 5.74) is 1.00. The zero-order valence-electron chi connectivity index (χ0n) is 12.2. The molecule has 1 aliphatic carbocycles. The van der Waals surface area contributed by atoms with Crippen molar-refractivity contribution in [2.45, 2.75) is 49.6 Å².